The van der Waals surface area contributed by atoms with Gasteiger partial charge in [0, 0.05) is 30.8 Å². The summed E-state index contributed by atoms with van der Waals surface area (Å²) in [5.74, 6) is 1.54. The quantitative estimate of drug-likeness (QED) is 0.740. The molecule has 1 atom stereocenters. The van der Waals surface area contributed by atoms with Gasteiger partial charge in [-0.1, -0.05) is 18.2 Å². The van der Waals surface area contributed by atoms with Gasteiger partial charge in [0.15, 0.2) is 0 Å². The van der Waals surface area contributed by atoms with Crippen molar-refractivity contribution in [2.75, 3.05) is 18.5 Å². The number of ether oxygens (including phenoxy) is 2. The van der Waals surface area contributed by atoms with Crippen molar-refractivity contribution in [3.63, 3.8) is 0 Å². The Kier molecular flexibility index (Phi) is 4.56. The molecule has 0 aliphatic carbocycles. The fourth-order valence-corrected chi connectivity index (χ4v) is 2.58. The lowest BCUT2D eigenvalue weighted by atomic mass is 10.2. The van der Waals surface area contributed by atoms with Crippen LogP contribution < -0.4 is 10.1 Å². The van der Waals surface area contributed by atoms with Gasteiger partial charge < -0.3 is 19.3 Å². The Hall–Kier alpha value is -2.93. The molecule has 1 saturated heterocycles. The summed E-state index contributed by atoms with van der Waals surface area (Å²) in [6, 6.07) is 13.5. The van der Waals surface area contributed by atoms with E-state index >= 15 is 0 Å². The highest BCUT2D eigenvalue weighted by atomic mass is 16.5. The first-order valence-electron chi connectivity index (χ1n) is 8.19. The van der Waals surface area contributed by atoms with E-state index in [1.807, 2.05) is 42.5 Å². The van der Waals surface area contributed by atoms with Crippen molar-refractivity contribution in [1.29, 1.82) is 0 Å². The molecular weight excluding hydrogens is 320 g/mol. The number of hydrogen-bond acceptors (Lipinski definition) is 7. The first kappa shape index (κ1) is 15.6. The highest BCUT2D eigenvalue weighted by molar-refractivity contribution is 5.53. The van der Waals surface area contributed by atoms with Gasteiger partial charge in [-0.05, 0) is 28.9 Å². The van der Waals surface area contributed by atoms with E-state index < -0.39 is 0 Å². The molecule has 0 unspecified atom stereocenters. The number of pyridine rings is 1. The molecular formula is C18H18N4O3. The number of hydrogen-bond donors (Lipinski definition) is 1. The van der Waals surface area contributed by atoms with Crippen molar-refractivity contribution < 1.29 is 14.0 Å². The van der Waals surface area contributed by atoms with E-state index in [4.69, 9.17) is 14.0 Å². The summed E-state index contributed by atoms with van der Waals surface area (Å²) in [6.07, 6.45) is 2.71. The molecule has 128 valence electrons. The largest absolute Gasteiger partial charge is 0.472 e. The van der Waals surface area contributed by atoms with Crippen LogP contribution in [0.4, 0.5) is 5.95 Å². The van der Waals surface area contributed by atoms with Gasteiger partial charge in [-0.25, -0.2) is 4.98 Å². The molecule has 7 heteroatoms. The molecule has 0 bridgehead atoms. The van der Waals surface area contributed by atoms with Crippen molar-refractivity contribution in [3.8, 4) is 17.3 Å². The summed E-state index contributed by atoms with van der Waals surface area (Å²) in [5.41, 5.74) is 1.91. The number of nitrogens with one attached hydrogen (secondary N) is 1. The third kappa shape index (κ3) is 3.95. The summed E-state index contributed by atoms with van der Waals surface area (Å²) in [5, 5.41) is 7.10. The predicted molar refractivity (Wildman–Crippen MR) is 91.1 cm³/mol. The molecule has 0 saturated carbocycles. The molecule has 3 heterocycles. The van der Waals surface area contributed by atoms with E-state index in [0.29, 0.717) is 30.9 Å². The van der Waals surface area contributed by atoms with Gasteiger partial charge in [0.1, 0.15) is 6.10 Å². The van der Waals surface area contributed by atoms with Crippen LogP contribution in [0.3, 0.4) is 0 Å². The SMILES string of the molecule is c1ccc(-c2nc(NCc3ccnc(O[C@@H]4CCOC4)c3)no2)cc1. The van der Waals surface area contributed by atoms with Gasteiger partial charge in [-0.15, -0.1) is 0 Å². The van der Waals surface area contributed by atoms with E-state index in [1.165, 1.54) is 0 Å². The molecule has 7 nitrogen and oxygen atoms in total. The summed E-state index contributed by atoms with van der Waals surface area (Å²) in [6.45, 7) is 1.91. The van der Waals surface area contributed by atoms with Crippen LogP contribution in [0, 0.1) is 0 Å². The molecule has 1 fully saturated rings. The van der Waals surface area contributed by atoms with Crippen molar-refractivity contribution in [1.82, 2.24) is 15.1 Å². The lowest BCUT2D eigenvalue weighted by molar-refractivity contribution is 0.138. The monoisotopic (exact) mass is 338 g/mol. The molecule has 1 N–H and O–H groups in total. The Bertz CT molecular complexity index is 816. The Labute approximate surface area is 145 Å². The van der Waals surface area contributed by atoms with Crippen LogP contribution in [0.25, 0.3) is 11.5 Å². The molecule has 1 aliphatic heterocycles. The third-order valence-electron chi connectivity index (χ3n) is 3.87. The number of benzene rings is 1. The van der Waals surface area contributed by atoms with Crippen LogP contribution in [0.2, 0.25) is 0 Å². The Balaban J connectivity index is 1.37. The van der Waals surface area contributed by atoms with Crippen molar-refractivity contribution in [2.45, 2.75) is 19.1 Å². The highest BCUT2D eigenvalue weighted by Gasteiger charge is 2.17. The number of aromatic nitrogens is 3. The van der Waals surface area contributed by atoms with Crippen LogP contribution in [0.1, 0.15) is 12.0 Å². The maximum Gasteiger partial charge on any atom is 0.264 e. The molecule has 1 aromatic carbocycles. The molecule has 0 amide bonds. The Morgan fingerprint density at radius 2 is 2.12 bits per heavy atom. The van der Waals surface area contributed by atoms with Crippen LogP contribution in [-0.4, -0.2) is 34.4 Å². The average molecular weight is 338 g/mol. The minimum Gasteiger partial charge on any atom is -0.472 e. The molecule has 3 aromatic rings. The normalized spacial score (nSPS) is 16.7. The van der Waals surface area contributed by atoms with Crippen LogP contribution in [-0.2, 0) is 11.3 Å². The topological polar surface area (TPSA) is 82.3 Å². The highest BCUT2D eigenvalue weighted by Crippen LogP contribution is 2.19. The zero-order valence-electron chi connectivity index (χ0n) is 13.6. The van der Waals surface area contributed by atoms with Crippen LogP contribution >= 0.6 is 0 Å². The van der Waals surface area contributed by atoms with E-state index in [2.05, 4.69) is 20.4 Å². The van der Waals surface area contributed by atoms with E-state index in [9.17, 15) is 0 Å². The molecule has 2 aromatic heterocycles. The van der Waals surface area contributed by atoms with Gasteiger partial charge >= 0.3 is 0 Å². The average Bonchev–Trinajstić information content (AvgIpc) is 3.33. The van der Waals surface area contributed by atoms with Crippen molar-refractivity contribution in [2.24, 2.45) is 0 Å². The third-order valence-corrected chi connectivity index (χ3v) is 3.87. The fourth-order valence-electron chi connectivity index (χ4n) is 2.58. The molecule has 0 radical (unpaired) electrons. The summed E-state index contributed by atoms with van der Waals surface area (Å²) in [4.78, 5) is 8.60. The predicted octanol–water partition coefficient (Wildman–Crippen LogP) is 2.91. The second-order valence-electron chi connectivity index (χ2n) is 5.75. The first-order valence-corrected chi connectivity index (χ1v) is 8.19. The minimum absolute atomic E-state index is 0.0846. The minimum atomic E-state index is 0.0846. The zero-order valence-corrected chi connectivity index (χ0v) is 13.6. The van der Waals surface area contributed by atoms with Gasteiger partial charge in [-0.3, -0.25) is 0 Å². The Morgan fingerprint density at radius 3 is 2.96 bits per heavy atom. The van der Waals surface area contributed by atoms with Crippen LogP contribution in [0.5, 0.6) is 5.88 Å². The first-order chi connectivity index (χ1) is 12.4. The standard InChI is InChI=1S/C18H18N4O3/c1-2-4-14(5-3-1)17-21-18(22-25-17)20-11-13-6-8-19-16(10-13)24-15-7-9-23-12-15/h1-6,8,10,15H,7,9,11-12H2,(H,20,22)/t15-/m1/s1. The molecule has 4 rings (SSSR count). The molecule has 25 heavy (non-hydrogen) atoms. The van der Waals surface area contributed by atoms with Gasteiger partial charge in [0.05, 0.1) is 13.2 Å². The Morgan fingerprint density at radius 1 is 1.20 bits per heavy atom. The lowest BCUT2D eigenvalue weighted by Gasteiger charge is -2.11. The number of nitrogens with zero attached hydrogens (tertiary/aromatic N) is 3. The lowest BCUT2D eigenvalue weighted by Crippen LogP contribution is -2.16. The zero-order chi connectivity index (χ0) is 16.9. The van der Waals surface area contributed by atoms with Gasteiger partial charge in [0.25, 0.3) is 11.8 Å². The van der Waals surface area contributed by atoms with Gasteiger partial charge in [0.2, 0.25) is 5.88 Å². The fraction of sp³-hybridized carbons (Fsp3) is 0.278. The second-order valence-corrected chi connectivity index (χ2v) is 5.75. The molecule has 1 aliphatic rings. The number of rotatable bonds is 6. The van der Waals surface area contributed by atoms with Gasteiger partial charge in [-0.2, -0.15) is 4.98 Å². The van der Waals surface area contributed by atoms with Crippen LogP contribution in [0.15, 0.2) is 53.2 Å². The van der Waals surface area contributed by atoms with Crippen molar-refractivity contribution >= 4 is 5.95 Å². The van der Waals surface area contributed by atoms with E-state index in [0.717, 1.165) is 24.2 Å². The summed E-state index contributed by atoms with van der Waals surface area (Å²) < 4.78 is 16.4. The van der Waals surface area contributed by atoms with E-state index in [1.54, 1.807) is 6.20 Å². The van der Waals surface area contributed by atoms with E-state index in [-0.39, 0.29) is 6.10 Å². The molecule has 0 spiro atoms. The maximum absolute atomic E-state index is 5.82. The second kappa shape index (κ2) is 7.31. The maximum atomic E-state index is 5.82. The summed E-state index contributed by atoms with van der Waals surface area (Å²) >= 11 is 0. The van der Waals surface area contributed by atoms with Crippen molar-refractivity contribution in [3.05, 3.63) is 54.2 Å². The smallest absolute Gasteiger partial charge is 0.264 e. The number of anilines is 1. The summed E-state index contributed by atoms with van der Waals surface area (Å²) in [7, 11) is 0.